The van der Waals surface area contributed by atoms with Crippen molar-refractivity contribution in [2.45, 2.75) is 13.0 Å². The number of aromatic nitrogens is 2. The van der Waals surface area contributed by atoms with Crippen molar-refractivity contribution in [2.75, 3.05) is 13.2 Å². The number of aryl methyl sites for hydroxylation is 1. The first kappa shape index (κ1) is 16.9. The summed E-state index contributed by atoms with van der Waals surface area (Å²) in [6.45, 7) is 1.95. The summed E-state index contributed by atoms with van der Waals surface area (Å²) in [7, 11) is 0. The number of halogens is 1. The van der Waals surface area contributed by atoms with E-state index in [1.807, 2.05) is 25.1 Å². The van der Waals surface area contributed by atoms with Gasteiger partial charge < -0.3 is 20.1 Å². The molecule has 3 rings (SSSR count). The van der Waals surface area contributed by atoms with Crippen LogP contribution < -0.4 is 10.1 Å². The molecule has 2 aromatic carbocycles. The zero-order chi connectivity index (χ0) is 17.8. The Kier molecular flexibility index (Phi) is 4.95. The molecular formula is C18H18FN3O3. The van der Waals surface area contributed by atoms with Crippen molar-refractivity contribution in [1.29, 1.82) is 0 Å². The average Bonchev–Trinajstić information content (AvgIpc) is 3.05. The SMILES string of the molecule is Cc1cccc(OCC(O)CNC(=O)c2cc(F)cc3[nH]cnc23)c1. The van der Waals surface area contributed by atoms with Crippen molar-refractivity contribution in [2.24, 2.45) is 0 Å². The van der Waals surface area contributed by atoms with Crippen molar-refractivity contribution >= 4 is 16.9 Å². The van der Waals surface area contributed by atoms with E-state index in [-0.39, 0.29) is 18.7 Å². The molecule has 0 saturated carbocycles. The van der Waals surface area contributed by atoms with Crippen LogP contribution in [0.2, 0.25) is 0 Å². The molecule has 1 atom stereocenters. The molecule has 7 heteroatoms. The number of fused-ring (bicyclic) bond motifs is 1. The molecule has 1 amide bonds. The van der Waals surface area contributed by atoms with Gasteiger partial charge in [-0.2, -0.15) is 0 Å². The number of aliphatic hydroxyl groups is 1. The van der Waals surface area contributed by atoms with Gasteiger partial charge >= 0.3 is 0 Å². The highest BCUT2D eigenvalue weighted by molar-refractivity contribution is 6.04. The molecule has 3 N–H and O–H groups in total. The topological polar surface area (TPSA) is 87.2 Å². The number of nitrogens with one attached hydrogen (secondary N) is 2. The Labute approximate surface area is 143 Å². The Morgan fingerprint density at radius 1 is 1.40 bits per heavy atom. The minimum atomic E-state index is -0.896. The molecule has 1 heterocycles. The summed E-state index contributed by atoms with van der Waals surface area (Å²) < 4.78 is 19.1. The van der Waals surface area contributed by atoms with Gasteiger partial charge in [-0.3, -0.25) is 4.79 Å². The second-order valence-electron chi connectivity index (χ2n) is 5.74. The summed E-state index contributed by atoms with van der Waals surface area (Å²) in [6, 6.07) is 9.83. The maximum Gasteiger partial charge on any atom is 0.253 e. The lowest BCUT2D eigenvalue weighted by atomic mass is 10.1. The van der Waals surface area contributed by atoms with Crippen LogP contribution in [0.4, 0.5) is 4.39 Å². The van der Waals surface area contributed by atoms with E-state index in [0.717, 1.165) is 11.6 Å². The van der Waals surface area contributed by atoms with Crippen LogP contribution in [-0.4, -0.2) is 40.2 Å². The average molecular weight is 343 g/mol. The van der Waals surface area contributed by atoms with Gasteiger partial charge in [0.25, 0.3) is 5.91 Å². The third-order valence-corrected chi connectivity index (χ3v) is 3.66. The summed E-state index contributed by atoms with van der Waals surface area (Å²) >= 11 is 0. The molecule has 130 valence electrons. The third-order valence-electron chi connectivity index (χ3n) is 3.66. The quantitative estimate of drug-likeness (QED) is 0.640. The monoisotopic (exact) mass is 343 g/mol. The van der Waals surface area contributed by atoms with Crippen LogP contribution in [0.15, 0.2) is 42.7 Å². The van der Waals surface area contributed by atoms with E-state index in [2.05, 4.69) is 15.3 Å². The molecule has 0 radical (unpaired) electrons. The first-order chi connectivity index (χ1) is 12.0. The minimum absolute atomic E-state index is 0.0208. The van der Waals surface area contributed by atoms with E-state index in [1.54, 1.807) is 6.07 Å². The lowest BCUT2D eigenvalue weighted by molar-refractivity contribution is 0.0844. The maximum atomic E-state index is 13.6. The Hall–Kier alpha value is -2.93. The van der Waals surface area contributed by atoms with E-state index in [4.69, 9.17) is 4.74 Å². The second-order valence-corrected chi connectivity index (χ2v) is 5.74. The van der Waals surface area contributed by atoms with Gasteiger partial charge in [-0.05, 0) is 36.8 Å². The first-order valence-corrected chi connectivity index (χ1v) is 7.81. The van der Waals surface area contributed by atoms with Crippen LogP contribution in [0.1, 0.15) is 15.9 Å². The van der Waals surface area contributed by atoms with Crippen LogP contribution in [0.5, 0.6) is 5.75 Å². The Bertz CT molecular complexity index is 894. The number of benzene rings is 2. The molecule has 1 aromatic heterocycles. The van der Waals surface area contributed by atoms with E-state index < -0.39 is 17.8 Å². The number of carbonyl (C=O) groups excluding carboxylic acids is 1. The highest BCUT2D eigenvalue weighted by Gasteiger charge is 2.15. The number of nitrogens with zero attached hydrogens (tertiary/aromatic N) is 1. The van der Waals surface area contributed by atoms with Crippen LogP contribution >= 0.6 is 0 Å². The number of hydrogen-bond acceptors (Lipinski definition) is 4. The summed E-state index contributed by atoms with van der Waals surface area (Å²) in [4.78, 5) is 19.0. The molecule has 0 bridgehead atoms. The molecule has 1 unspecified atom stereocenters. The zero-order valence-corrected chi connectivity index (χ0v) is 13.6. The molecule has 0 fully saturated rings. The molecule has 0 aliphatic rings. The standard InChI is InChI=1S/C18H18FN3O3/c1-11-3-2-4-14(5-11)25-9-13(23)8-20-18(24)15-6-12(19)7-16-17(15)22-10-21-16/h2-7,10,13,23H,8-9H2,1H3,(H,20,24)(H,21,22). The van der Waals surface area contributed by atoms with Crippen LogP contribution in [0, 0.1) is 12.7 Å². The molecule has 0 aliphatic carbocycles. The van der Waals surface area contributed by atoms with Gasteiger partial charge in [0.1, 0.15) is 29.8 Å². The highest BCUT2D eigenvalue weighted by Crippen LogP contribution is 2.17. The minimum Gasteiger partial charge on any atom is -0.491 e. The van der Waals surface area contributed by atoms with Gasteiger partial charge in [0.15, 0.2) is 0 Å². The van der Waals surface area contributed by atoms with Crippen LogP contribution in [0.25, 0.3) is 11.0 Å². The van der Waals surface area contributed by atoms with E-state index >= 15 is 0 Å². The summed E-state index contributed by atoms with van der Waals surface area (Å²) in [6.07, 6.45) is 0.499. The Morgan fingerprint density at radius 2 is 2.24 bits per heavy atom. The summed E-state index contributed by atoms with van der Waals surface area (Å²) in [5.74, 6) is -0.398. The molecule has 25 heavy (non-hydrogen) atoms. The largest absolute Gasteiger partial charge is 0.491 e. The predicted molar refractivity (Wildman–Crippen MR) is 91.1 cm³/mol. The third kappa shape index (κ3) is 4.13. The number of rotatable bonds is 6. The lowest BCUT2D eigenvalue weighted by Crippen LogP contribution is -2.35. The number of carbonyl (C=O) groups is 1. The Morgan fingerprint density at radius 3 is 3.04 bits per heavy atom. The highest BCUT2D eigenvalue weighted by atomic mass is 19.1. The van der Waals surface area contributed by atoms with Gasteiger partial charge in [-0.1, -0.05) is 12.1 Å². The van der Waals surface area contributed by atoms with E-state index in [1.165, 1.54) is 12.4 Å². The molecule has 0 saturated heterocycles. The number of aromatic amines is 1. The lowest BCUT2D eigenvalue weighted by Gasteiger charge is -2.14. The number of H-pyrrole nitrogens is 1. The Balaban J connectivity index is 1.57. The fraction of sp³-hybridized carbons (Fsp3) is 0.222. The first-order valence-electron chi connectivity index (χ1n) is 7.81. The number of amides is 1. The van der Waals surface area contributed by atoms with Crippen molar-refractivity contribution in [1.82, 2.24) is 15.3 Å². The van der Waals surface area contributed by atoms with Gasteiger partial charge in [0.2, 0.25) is 0 Å². The van der Waals surface area contributed by atoms with Crippen LogP contribution in [0.3, 0.4) is 0 Å². The number of imidazole rings is 1. The number of hydrogen-bond donors (Lipinski definition) is 3. The van der Waals surface area contributed by atoms with Crippen LogP contribution in [-0.2, 0) is 0 Å². The predicted octanol–water partition coefficient (Wildman–Crippen LogP) is 2.18. The molecule has 0 aliphatic heterocycles. The fourth-order valence-electron chi connectivity index (χ4n) is 2.45. The van der Waals surface area contributed by atoms with E-state index in [9.17, 15) is 14.3 Å². The van der Waals surface area contributed by atoms with Gasteiger partial charge in [0.05, 0.1) is 17.4 Å². The van der Waals surface area contributed by atoms with Gasteiger partial charge in [-0.15, -0.1) is 0 Å². The van der Waals surface area contributed by atoms with Crippen molar-refractivity contribution in [3.8, 4) is 5.75 Å². The fourth-order valence-corrected chi connectivity index (χ4v) is 2.45. The summed E-state index contributed by atoms with van der Waals surface area (Å²) in [5, 5.41) is 12.5. The van der Waals surface area contributed by atoms with Crippen molar-refractivity contribution in [3.63, 3.8) is 0 Å². The molecular weight excluding hydrogens is 325 g/mol. The second kappa shape index (κ2) is 7.31. The maximum absolute atomic E-state index is 13.6. The normalized spacial score (nSPS) is 12.1. The van der Waals surface area contributed by atoms with Gasteiger partial charge in [0, 0.05) is 6.54 Å². The number of ether oxygens (including phenoxy) is 1. The van der Waals surface area contributed by atoms with Gasteiger partial charge in [-0.25, -0.2) is 9.37 Å². The molecule has 6 nitrogen and oxygen atoms in total. The smallest absolute Gasteiger partial charge is 0.253 e. The van der Waals surface area contributed by atoms with E-state index in [0.29, 0.717) is 16.8 Å². The molecule has 0 spiro atoms. The summed E-state index contributed by atoms with van der Waals surface area (Å²) in [5.41, 5.74) is 1.98. The molecule has 3 aromatic rings. The van der Waals surface area contributed by atoms with Crippen molar-refractivity contribution in [3.05, 3.63) is 59.7 Å². The number of aliphatic hydroxyl groups excluding tert-OH is 1. The zero-order valence-electron chi connectivity index (χ0n) is 13.6. The van der Waals surface area contributed by atoms with Crippen molar-refractivity contribution < 1.29 is 19.0 Å².